The van der Waals surface area contributed by atoms with Crippen LogP contribution in [0.1, 0.15) is 12.5 Å². The van der Waals surface area contributed by atoms with E-state index in [0.717, 1.165) is 22.8 Å². The molecule has 0 bridgehead atoms. The molecule has 0 unspecified atom stereocenters. The Morgan fingerprint density at radius 2 is 1.77 bits per heavy atom. The van der Waals surface area contributed by atoms with Gasteiger partial charge in [-0.15, -0.1) is 0 Å². The van der Waals surface area contributed by atoms with E-state index in [4.69, 9.17) is 0 Å². The summed E-state index contributed by atoms with van der Waals surface area (Å²) in [4.78, 5) is 15.9. The minimum absolute atomic E-state index is 0.111. The Morgan fingerprint density at radius 3 is 2.35 bits per heavy atom. The Balaban J connectivity index is 2.10. The molecule has 0 saturated carbocycles. The third kappa shape index (κ3) is 3.57. The molecule has 5 nitrogen and oxygen atoms in total. The molecule has 1 N–H and O–H groups in total. The summed E-state index contributed by atoms with van der Waals surface area (Å²) in [7, 11) is -3.27. The molecule has 26 heavy (non-hydrogen) atoms. The van der Waals surface area contributed by atoms with E-state index in [1.54, 1.807) is 18.2 Å². The molecule has 0 spiro atoms. The highest BCUT2D eigenvalue weighted by molar-refractivity contribution is 7.90. The van der Waals surface area contributed by atoms with Crippen molar-refractivity contribution in [3.05, 3.63) is 53.8 Å². The molecule has 134 valence electrons. The molecule has 0 fully saturated rings. The van der Waals surface area contributed by atoms with Gasteiger partial charge in [-0.25, -0.2) is 17.8 Å². The Hall–Kier alpha value is -2.80. The normalized spacial score (nSPS) is 11.5. The minimum Gasteiger partial charge on any atom is -0.324 e. The van der Waals surface area contributed by atoms with Gasteiger partial charge in [0.15, 0.2) is 9.84 Å². The summed E-state index contributed by atoms with van der Waals surface area (Å²) in [5.74, 6) is -0.916. The molecule has 1 amide bonds. The highest BCUT2D eigenvalue weighted by atomic mass is 32.2. The van der Waals surface area contributed by atoms with Crippen molar-refractivity contribution in [3.8, 4) is 11.3 Å². The molecular weight excluding hydrogens is 355 g/mol. The van der Waals surface area contributed by atoms with E-state index in [2.05, 4.69) is 10.3 Å². The van der Waals surface area contributed by atoms with Crippen LogP contribution in [0.4, 0.5) is 10.1 Å². The second-order valence-corrected chi connectivity index (χ2v) is 8.17. The molecule has 0 radical (unpaired) electrons. The zero-order valence-corrected chi connectivity index (χ0v) is 15.3. The number of carbonyl (C=O) groups is 1. The van der Waals surface area contributed by atoms with Gasteiger partial charge in [0.1, 0.15) is 5.82 Å². The summed E-state index contributed by atoms with van der Waals surface area (Å²) in [6.07, 6.45) is 1.15. The summed E-state index contributed by atoms with van der Waals surface area (Å²) < 4.78 is 37.3. The van der Waals surface area contributed by atoms with E-state index in [1.165, 1.54) is 25.1 Å². The van der Waals surface area contributed by atoms with Crippen molar-refractivity contribution in [1.82, 2.24) is 4.98 Å². The fourth-order valence-electron chi connectivity index (χ4n) is 2.72. The fourth-order valence-corrected chi connectivity index (χ4v) is 3.35. The number of sulfone groups is 1. The number of benzene rings is 2. The van der Waals surface area contributed by atoms with Gasteiger partial charge in [0.2, 0.25) is 5.91 Å². The van der Waals surface area contributed by atoms with Gasteiger partial charge in [0.25, 0.3) is 0 Å². The molecule has 0 atom stereocenters. The topological polar surface area (TPSA) is 76.1 Å². The molecular formula is C19H17FN2O3S. The molecule has 0 aliphatic heterocycles. The zero-order chi connectivity index (χ0) is 19.1. The van der Waals surface area contributed by atoms with Gasteiger partial charge in [0, 0.05) is 30.2 Å². The lowest BCUT2D eigenvalue weighted by Gasteiger charge is -2.10. The number of amides is 1. The Bertz CT molecular complexity index is 1120. The molecule has 1 aromatic heterocycles. The van der Waals surface area contributed by atoms with E-state index in [1.807, 2.05) is 13.0 Å². The average molecular weight is 372 g/mol. The number of anilines is 1. The van der Waals surface area contributed by atoms with Gasteiger partial charge in [-0.05, 0) is 36.8 Å². The Labute approximate surface area is 150 Å². The molecule has 1 heterocycles. The number of fused-ring (bicyclic) bond motifs is 1. The lowest BCUT2D eigenvalue weighted by atomic mass is 10.0. The van der Waals surface area contributed by atoms with Gasteiger partial charge in [-0.2, -0.15) is 0 Å². The minimum atomic E-state index is -3.27. The first-order chi connectivity index (χ1) is 12.1. The van der Waals surface area contributed by atoms with Crippen LogP contribution < -0.4 is 5.32 Å². The average Bonchev–Trinajstić information content (AvgIpc) is 2.55. The van der Waals surface area contributed by atoms with E-state index in [-0.39, 0.29) is 16.5 Å². The highest BCUT2D eigenvalue weighted by Gasteiger charge is 2.12. The van der Waals surface area contributed by atoms with Crippen molar-refractivity contribution >= 4 is 32.3 Å². The molecule has 7 heteroatoms. The monoisotopic (exact) mass is 372 g/mol. The number of nitrogens with zero attached hydrogens (tertiary/aromatic N) is 1. The van der Waals surface area contributed by atoms with Gasteiger partial charge in [0.05, 0.1) is 21.8 Å². The van der Waals surface area contributed by atoms with Crippen molar-refractivity contribution in [3.63, 3.8) is 0 Å². The fraction of sp³-hybridized carbons (Fsp3) is 0.158. The second kappa shape index (κ2) is 6.49. The number of aromatic nitrogens is 1. The van der Waals surface area contributed by atoms with Crippen LogP contribution in [0.2, 0.25) is 0 Å². The maximum Gasteiger partial charge on any atom is 0.221 e. The van der Waals surface area contributed by atoms with Crippen molar-refractivity contribution in [2.75, 3.05) is 11.6 Å². The van der Waals surface area contributed by atoms with Crippen LogP contribution in [0.25, 0.3) is 22.2 Å². The van der Waals surface area contributed by atoms with Crippen LogP contribution in [0.3, 0.4) is 0 Å². The summed E-state index contributed by atoms with van der Waals surface area (Å²) in [6, 6.07) is 11.1. The molecule has 3 rings (SSSR count). The summed E-state index contributed by atoms with van der Waals surface area (Å²) in [6.45, 7) is 3.19. The van der Waals surface area contributed by atoms with Gasteiger partial charge in [-0.3, -0.25) is 4.79 Å². The molecule has 0 aliphatic carbocycles. The number of rotatable bonds is 3. The van der Waals surface area contributed by atoms with E-state index in [9.17, 15) is 17.6 Å². The first kappa shape index (κ1) is 18.0. The molecule has 0 saturated heterocycles. The predicted octanol–water partition coefficient (Wildman–Crippen LogP) is 3.71. The van der Waals surface area contributed by atoms with Crippen molar-refractivity contribution in [2.45, 2.75) is 18.7 Å². The van der Waals surface area contributed by atoms with Crippen LogP contribution in [-0.4, -0.2) is 25.6 Å². The van der Waals surface area contributed by atoms with Gasteiger partial charge in [-0.1, -0.05) is 12.1 Å². The lowest BCUT2D eigenvalue weighted by Crippen LogP contribution is -2.07. The van der Waals surface area contributed by atoms with Crippen LogP contribution in [0.5, 0.6) is 0 Å². The van der Waals surface area contributed by atoms with Crippen molar-refractivity contribution < 1.29 is 17.6 Å². The first-order valence-electron chi connectivity index (χ1n) is 7.84. The molecule has 3 aromatic rings. The predicted molar refractivity (Wildman–Crippen MR) is 99.3 cm³/mol. The third-order valence-corrected chi connectivity index (χ3v) is 5.12. The maximum absolute atomic E-state index is 14.2. The number of nitrogens with one attached hydrogen (secondary N) is 1. The number of hydrogen-bond donors (Lipinski definition) is 1. The number of pyridine rings is 1. The van der Waals surface area contributed by atoms with Crippen molar-refractivity contribution in [1.29, 1.82) is 0 Å². The number of halogens is 1. The quantitative estimate of drug-likeness (QED) is 0.760. The molecule has 2 aromatic carbocycles. The highest BCUT2D eigenvalue weighted by Crippen LogP contribution is 2.29. The van der Waals surface area contributed by atoms with Crippen molar-refractivity contribution in [2.24, 2.45) is 0 Å². The standard InChI is InChI=1S/C19H17FN2O3S/c1-11-8-17(13-4-6-14(7-5-13)26(3,24)25)22-18-10-16(20)19(9-15(11)18)21-12(2)23/h4-10H,1-3H3,(H,21,23). The largest absolute Gasteiger partial charge is 0.324 e. The Morgan fingerprint density at radius 1 is 1.12 bits per heavy atom. The van der Waals surface area contributed by atoms with E-state index >= 15 is 0 Å². The summed E-state index contributed by atoms with van der Waals surface area (Å²) >= 11 is 0. The lowest BCUT2D eigenvalue weighted by molar-refractivity contribution is -0.114. The van der Waals surface area contributed by atoms with E-state index in [0.29, 0.717) is 11.2 Å². The zero-order valence-electron chi connectivity index (χ0n) is 14.5. The first-order valence-corrected chi connectivity index (χ1v) is 9.73. The van der Waals surface area contributed by atoms with Crippen LogP contribution in [0.15, 0.2) is 47.4 Å². The van der Waals surface area contributed by atoms with Gasteiger partial charge < -0.3 is 5.32 Å². The summed E-state index contributed by atoms with van der Waals surface area (Å²) in [5, 5.41) is 3.19. The maximum atomic E-state index is 14.2. The van der Waals surface area contributed by atoms with E-state index < -0.39 is 15.7 Å². The molecule has 0 aliphatic rings. The van der Waals surface area contributed by atoms with Gasteiger partial charge >= 0.3 is 0 Å². The second-order valence-electron chi connectivity index (χ2n) is 6.15. The van der Waals surface area contributed by atoms with Crippen LogP contribution >= 0.6 is 0 Å². The SMILES string of the molecule is CC(=O)Nc1cc2c(C)cc(-c3ccc(S(C)(=O)=O)cc3)nc2cc1F. The Kier molecular flexibility index (Phi) is 4.50. The van der Waals surface area contributed by atoms with Crippen LogP contribution in [0, 0.1) is 12.7 Å². The number of hydrogen-bond acceptors (Lipinski definition) is 4. The summed E-state index contributed by atoms with van der Waals surface area (Å²) in [5.41, 5.74) is 2.78. The third-order valence-electron chi connectivity index (χ3n) is 3.99. The smallest absolute Gasteiger partial charge is 0.221 e. The number of carbonyl (C=O) groups excluding carboxylic acids is 1. The van der Waals surface area contributed by atoms with Crippen LogP contribution in [-0.2, 0) is 14.6 Å². The number of aryl methyl sites for hydroxylation is 1.